The number of nitrogens with zero attached hydrogens (tertiary/aromatic N) is 2. The first-order chi connectivity index (χ1) is 19.1. The molecule has 12 heteroatoms. The van der Waals surface area contributed by atoms with Gasteiger partial charge < -0.3 is 19.7 Å². The molecule has 1 saturated carbocycles. The Labute approximate surface area is 245 Å². The molecule has 0 radical (unpaired) electrons. The second-order valence-electron chi connectivity index (χ2n) is 9.91. The maximum Gasteiger partial charge on any atom is 0.244 e. The maximum absolute atomic E-state index is 14.0. The van der Waals surface area contributed by atoms with Crippen LogP contribution in [0.5, 0.6) is 11.5 Å². The van der Waals surface area contributed by atoms with Gasteiger partial charge >= 0.3 is 0 Å². The maximum atomic E-state index is 14.0. The highest BCUT2D eigenvalue weighted by atomic mass is 35.5. The number of fused-ring (bicyclic) bond motifs is 1. The molecular weight excluding hydrogens is 577 g/mol. The molecule has 1 fully saturated rings. The summed E-state index contributed by atoms with van der Waals surface area (Å²) in [5.41, 5.74) is 0.864. The Kier molecular flexibility index (Phi) is 10.1. The summed E-state index contributed by atoms with van der Waals surface area (Å²) >= 11 is 12.5. The standard InChI is InChI=1S/C28H35Cl2N3O6S/c1-3-24(28(35)31-21-7-5-6-8-21)32(17-19-9-10-20(29)15-23(19)30)27(34)18-33(40(36,37)4-2)22-11-12-25-26(16-22)39-14-13-38-25/h9-12,15-16,21,24H,3-8,13-14,17-18H2,1-2H3,(H,31,35)/t24-/m1/s1. The van der Waals surface area contributed by atoms with Gasteiger partial charge in [0.2, 0.25) is 21.8 Å². The van der Waals surface area contributed by atoms with Crippen LogP contribution in [0.15, 0.2) is 36.4 Å². The van der Waals surface area contributed by atoms with E-state index in [4.69, 9.17) is 32.7 Å². The van der Waals surface area contributed by atoms with E-state index in [1.807, 2.05) is 6.92 Å². The van der Waals surface area contributed by atoms with Gasteiger partial charge in [0.1, 0.15) is 25.8 Å². The summed E-state index contributed by atoms with van der Waals surface area (Å²) in [5, 5.41) is 3.88. The van der Waals surface area contributed by atoms with E-state index in [0.29, 0.717) is 46.7 Å². The number of ether oxygens (including phenoxy) is 2. The minimum Gasteiger partial charge on any atom is -0.486 e. The molecule has 0 saturated heterocycles. The minimum absolute atomic E-state index is 0.00653. The molecule has 2 aliphatic rings. The van der Waals surface area contributed by atoms with Gasteiger partial charge in [-0.15, -0.1) is 0 Å². The van der Waals surface area contributed by atoms with Gasteiger partial charge in [0.25, 0.3) is 0 Å². The van der Waals surface area contributed by atoms with E-state index < -0.39 is 28.5 Å². The first-order valence-corrected chi connectivity index (χ1v) is 15.9. The summed E-state index contributed by atoms with van der Waals surface area (Å²) in [4.78, 5) is 28.9. The number of hydrogen-bond acceptors (Lipinski definition) is 6. The fourth-order valence-electron chi connectivity index (χ4n) is 5.03. The second kappa shape index (κ2) is 13.3. The molecule has 2 aromatic carbocycles. The number of hydrogen-bond donors (Lipinski definition) is 1. The Bertz CT molecular complexity index is 1330. The van der Waals surface area contributed by atoms with Crippen LogP contribution in [0.25, 0.3) is 0 Å². The Morgan fingerprint density at radius 2 is 1.73 bits per heavy atom. The largest absolute Gasteiger partial charge is 0.486 e. The fraction of sp³-hybridized carbons (Fsp3) is 0.500. The molecule has 9 nitrogen and oxygen atoms in total. The molecule has 0 aromatic heterocycles. The van der Waals surface area contributed by atoms with Crippen molar-refractivity contribution in [3.8, 4) is 11.5 Å². The van der Waals surface area contributed by atoms with Crippen molar-refractivity contribution in [1.29, 1.82) is 0 Å². The Morgan fingerprint density at radius 1 is 1.02 bits per heavy atom. The lowest BCUT2D eigenvalue weighted by atomic mass is 10.1. The SMILES string of the molecule is CC[C@H](C(=O)NC1CCCC1)N(Cc1ccc(Cl)cc1Cl)C(=O)CN(c1ccc2c(c1)OCCO2)S(=O)(=O)CC. The van der Waals surface area contributed by atoms with Gasteiger partial charge in [-0.05, 0) is 56.0 Å². The van der Waals surface area contributed by atoms with E-state index in [0.717, 1.165) is 30.0 Å². The third-order valence-electron chi connectivity index (χ3n) is 7.24. The lowest BCUT2D eigenvalue weighted by Gasteiger charge is -2.34. The Morgan fingerprint density at radius 3 is 2.38 bits per heavy atom. The van der Waals surface area contributed by atoms with E-state index in [1.54, 1.807) is 36.4 Å². The summed E-state index contributed by atoms with van der Waals surface area (Å²) in [6.07, 6.45) is 4.21. The Balaban J connectivity index is 1.67. The topological polar surface area (TPSA) is 105 Å². The first kappa shape index (κ1) is 30.3. The van der Waals surface area contributed by atoms with Crippen molar-refractivity contribution < 1.29 is 27.5 Å². The monoisotopic (exact) mass is 611 g/mol. The van der Waals surface area contributed by atoms with Crippen molar-refractivity contribution in [2.24, 2.45) is 0 Å². The highest BCUT2D eigenvalue weighted by molar-refractivity contribution is 7.92. The molecule has 1 aliphatic carbocycles. The van der Waals surface area contributed by atoms with Crippen molar-refractivity contribution in [2.75, 3.05) is 29.8 Å². The second-order valence-corrected chi connectivity index (χ2v) is 12.9. The van der Waals surface area contributed by atoms with Gasteiger partial charge in [0, 0.05) is 28.7 Å². The van der Waals surface area contributed by atoms with Gasteiger partial charge in [-0.2, -0.15) is 0 Å². The Hall–Kier alpha value is -2.69. The number of carbonyl (C=O) groups is 2. The molecule has 2 aromatic rings. The quantitative estimate of drug-likeness (QED) is 0.392. The van der Waals surface area contributed by atoms with Crippen molar-refractivity contribution >= 4 is 50.7 Å². The molecular formula is C28H35Cl2N3O6S. The fourth-order valence-corrected chi connectivity index (χ4v) is 6.55. The van der Waals surface area contributed by atoms with Crippen LogP contribution >= 0.6 is 23.2 Å². The zero-order chi connectivity index (χ0) is 28.9. The molecule has 1 aliphatic heterocycles. The smallest absolute Gasteiger partial charge is 0.244 e. The lowest BCUT2D eigenvalue weighted by molar-refractivity contribution is -0.140. The zero-order valence-corrected chi connectivity index (χ0v) is 25.0. The molecule has 40 heavy (non-hydrogen) atoms. The summed E-state index contributed by atoms with van der Waals surface area (Å²) in [6, 6.07) is 8.93. The van der Waals surface area contributed by atoms with Crippen LogP contribution in [0.4, 0.5) is 5.69 Å². The third-order valence-corrected chi connectivity index (χ3v) is 9.56. The molecule has 0 unspecified atom stereocenters. The molecule has 1 N–H and O–H groups in total. The van der Waals surface area contributed by atoms with Crippen molar-refractivity contribution in [3.05, 3.63) is 52.0 Å². The van der Waals surface area contributed by atoms with E-state index >= 15 is 0 Å². The molecule has 0 spiro atoms. The molecule has 1 atom stereocenters. The normalized spacial score (nSPS) is 15.9. The van der Waals surface area contributed by atoms with Crippen molar-refractivity contribution in [2.45, 2.75) is 64.6 Å². The van der Waals surface area contributed by atoms with Crippen LogP contribution in [0, 0.1) is 0 Å². The number of nitrogens with one attached hydrogen (secondary N) is 1. The zero-order valence-electron chi connectivity index (χ0n) is 22.7. The average molecular weight is 613 g/mol. The number of amides is 2. The number of rotatable bonds is 11. The number of sulfonamides is 1. The van der Waals surface area contributed by atoms with Crippen LogP contribution < -0.4 is 19.1 Å². The highest BCUT2D eigenvalue weighted by Crippen LogP contribution is 2.35. The van der Waals surface area contributed by atoms with E-state index in [9.17, 15) is 18.0 Å². The van der Waals surface area contributed by atoms with Gasteiger partial charge in [-0.25, -0.2) is 8.42 Å². The van der Waals surface area contributed by atoms with E-state index in [2.05, 4.69) is 5.32 Å². The minimum atomic E-state index is -3.88. The highest BCUT2D eigenvalue weighted by Gasteiger charge is 2.34. The summed E-state index contributed by atoms with van der Waals surface area (Å²) in [6.45, 7) is 3.57. The van der Waals surface area contributed by atoms with Crippen LogP contribution in [-0.2, 0) is 26.2 Å². The number of anilines is 1. The third kappa shape index (κ3) is 7.14. The molecule has 1 heterocycles. The molecule has 0 bridgehead atoms. The van der Waals surface area contributed by atoms with E-state index in [-0.39, 0.29) is 29.9 Å². The first-order valence-electron chi connectivity index (χ1n) is 13.6. The number of halogens is 2. The number of benzene rings is 2. The summed E-state index contributed by atoms with van der Waals surface area (Å²) in [7, 11) is -3.88. The van der Waals surface area contributed by atoms with Crippen molar-refractivity contribution in [3.63, 3.8) is 0 Å². The van der Waals surface area contributed by atoms with E-state index in [1.165, 1.54) is 11.8 Å². The van der Waals surface area contributed by atoms with Gasteiger partial charge in [-0.3, -0.25) is 13.9 Å². The molecule has 2 amide bonds. The molecule has 4 rings (SSSR count). The van der Waals surface area contributed by atoms with Gasteiger partial charge in [0.05, 0.1) is 11.4 Å². The lowest BCUT2D eigenvalue weighted by Crippen LogP contribution is -2.53. The predicted molar refractivity (Wildman–Crippen MR) is 156 cm³/mol. The predicted octanol–water partition coefficient (Wildman–Crippen LogP) is 4.79. The van der Waals surface area contributed by atoms with Gasteiger partial charge in [-0.1, -0.05) is 49.0 Å². The van der Waals surface area contributed by atoms with Gasteiger partial charge in [0.15, 0.2) is 11.5 Å². The van der Waals surface area contributed by atoms with Crippen molar-refractivity contribution in [1.82, 2.24) is 10.2 Å². The average Bonchev–Trinajstić information content (AvgIpc) is 3.45. The van der Waals surface area contributed by atoms with Crippen LogP contribution in [-0.4, -0.2) is 62.7 Å². The number of carbonyl (C=O) groups excluding carboxylic acids is 2. The van der Waals surface area contributed by atoms with Crippen LogP contribution in [0.1, 0.15) is 51.5 Å². The summed E-state index contributed by atoms with van der Waals surface area (Å²) in [5.74, 6) is -0.121. The van der Waals surface area contributed by atoms with Crippen LogP contribution in [0.2, 0.25) is 10.0 Å². The summed E-state index contributed by atoms with van der Waals surface area (Å²) < 4.78 is 38.8. The van der Waals surface area contributed by atoms with Crippen LogP contribution in [0.3, 0.4) is 0 Å². The molecule has 218 valence electrons.